The minimum absolute atomic E-state index is 0.182. The van der Waals surface area contributed by atoms with E-state index in [4.69, 9.17) is 21.7 Å². The maximum Gasteiger partial charge on any atom is 0.221 e. The number of methoxy groups -OCH3 is 2. The van der Waals surface area contributed by atoms with Crippen molar-refractivity contribution >= 4 is 34.6 Å². The van der Waals surface area contributed by atoms with Crippen LogP contribution in [0.2, 0.25) is 0 Å². The van der Waals surface area contributed by atoms with Crippen LogP contribution in [0, 0.1) is 13.8 Å². The molecule has 5 rings (SSSR count). The van der Waals surface area contributed by atoms with Crippen LogP contribution in [-0.4, -0.2) is 34.8 Å². The molecule has 1 aliphatic rings. The smallest absolute Gasteiger partial charge is 0.221 e. The zero-order valence-corrected chi connectivity index (χ0v) is 23.4. The zero-order valence-electron chi connectivity index (χ0n) is 22.6. The van der Waals surface area contributed by atoms with Gasteiger partial charge in [-0.3, -0.25) is 9.78 Å². The number of anilines is 2. The molecule has 0 spiro atoms. The topological polar surface area (TPSA) is 80.7 Å². The van der Waals surface area contributed by atoms with E-state index < -0.39 is 0 Å². The maximum atomic E-state index is 11.9. The summed E-state index contributed by atoms with van der Waals surface area (Å²) in [4.78, 5) is 18.7. The molecule has 8 nitrogen and oxygen atoms in total. The Kier molecular flexibility index (Phi) is 7.26. The zero-order chi connectivity index (χ0) is 27.7. The molecule has 2 N–H and O–H groups in total. The van der Waals surface area contributed by atoms with E-state index in [0.29, 0.717) is 16.5 Å². The summed E-state index contributed by atoms with van der Waals surface area (Å²) in [5.41, 5.74) is 6.64. The third-order valence-electron chi connectivity index (χ3n) is 6.99. The second kappa shape index (κ2) is 10.8. The Hall–Kier alpha value is -4.37. The highest BCUT2D eigenvalue weighted by atomic mass is 32.1. The number of nitrogens with one attached hydrogen (secondary N) is 2. The quantitative estimate of drug-likeness (QED) is 0.293. The van der Waals surface area contributed by atoms with Crippen LogP contribution in [-0.2, 0) is 4.79 Å². The van der Waals surface area contributed by atoms with E-state index in [2.05, 4.69) is 57.1 Å². The Morgan fingerprint density at radius 3 is 2.38 bits per heavy atom. The lowest BCUT2D eigenvalue weighted by Gasteiger charge is -2.29. The molecule has 1 amide bonds. The molecule has 39 heavy (non-hydrogen) atoms. The minimum atomic E-state index is -0.204. The molecule has 200 valence electrons. The van der Waals surface area contributed by atoms with Crippen molar-refractivity contribution in [3.8, 4) is 17.2 Å². The fraction of sp³-hybridized carbons (Fsp3) is 0.233. The lowest BCUT2D eigenvalue weighted by Crippen LogP contribution is -2.29. The first-order valence-corrected chi connectivity index (χ1v) is 13.0. The van der Waals surface area contributed by atoms with E-state index in [0.717, 1.165) is 39.8 Å². The highest BCUT2D eigenvalue weighted by Gasteiger charge is 2.42. The molecular formula is C30H31N5O3S. The Bertz CT molecular complexity index is 1520. The van der Waals surface area contributed by atoms with Crippen molar-refractivity contribution < 1.29 is 14.3 Å². The summed E-state index contributed by atoms with van der Waals surface area (Å²) in [6.07, 6.45) is 1.79. The number of carbonyl (C=O) groups is 1. The van der Waals surface area contributed by atoms with Gasteiger partial charge in [-0.15, -0.1) is 0 Å². The summed E-state index contributed by atoms with van der Waals surface area (Å²) in [7, 11) is 3.24. The average Bonchev–Trinajstić information content (AvgIpc) is 3.43. The highest BCUT2D eigenvalue weighted by molar-refractivity contribution is 7.80. The van der Waals surface area contributed by atoms with Crippen molar-refractivity contribution in [1.82, 2.24) is 14.9 Å². The van der Waals surface area contributed by atoms with Crippen molar-refractivity contribution in [2.24, 2.45) is 0 Å². The van der Waals surface area contributed by atoms with E-state index in [1.165, 1.54) is 6.92 Å². The van der Waals surface area contributed by atoms with Crippen LogP contribution in [0.5, 0.6) is 11.5 Å². The number of ether oxygens (including phenoxy) is 2. The molecule has 9 heteroatoms. The molecule has 4 aromatic rings. The van der Waals surface area contributed by atoms with Crippen LogP contribution < -0.4 is 25.0 Å². The molecule has 1 fully saturated rings. The number of pyridine rings is 1. The number of hydrogen-bond donors (Lipinski definition) is 2. The van der Waals surface area contributed by atoms with Crippen molar-refractivity contribution in [3.63, 3.8) is 0 Å². The molecule has 0 bridgehead atoms. The molecule has 0 saturated carbocycles. The second-order valence-electron chi connectivity index (χ2n) is 9.42. The van der Waals surface area contributed by atoms with Gasteiger partial charge in [0.1, 0.15) is 11.5 Å². The molecule has 1 aliphatic heterocycles. The van der Waals surface area contributed by atoms with E-state index in [9.17, 15) is 4.79 Å². The lowest BCUT2D eigenvalue weighted by molar-refractivity contribution is -0.114. The summed E-state index contributed by atoms with van der Waals surface area (Å²) in [5.74, 6) is 1.20. The molecule has 3 heterocycles. The predicted octanol–water partition coefficient (Wildman–Crippen LogP) is 5.64. The summed E-state index contributed by atoms with van der Waals surface area (Å²) in [5, 5.41) is 6.97. The molecule has 0 radical (unpaired) electrons. The van der Waals surface area contributed by atoms with Gasteiger partial charge in [-0.05, 0) is 92.3 Å². The Morgan fingerprint density at radius 1 is 1.00 bits per heavy atom. The SMILES string of the molecule is COc1ccc(-n2c(C)cc([C@H]3[C@H](c4ccccn4)NC(=S)N3c3ccc(OC)c(NC(C)=O)c3)c2C)cc1. The number of thiocarbonyl (C=S) groups is 1. The van der Waals surface area contributed by atoms with E-state index >= 15 is 0 Å². The monoisotopic (exact) mass is 541 g/mol. The molecular weight excluding hydrogens is 510 g/mol. The lowest BCUT2D eigenvalue weighted by atomic mass is 9.96. The molecule has 1 saturated heterocycles. The fourth-order valence-electron chi connectivity index (χ4n) is 5.30. The largest absolute Gasteiger partial charge is 0.497 e. The van der Waals surface area contributed by atoms with Gasteiger partial charge < -0.3 is 29.6 Å². The van der Waals surface area contributed by atoms with Gasteiger partial charge in [0.25, 0.3) is 0 Å². The summed E-state index contributed by atoms with van der Waals surface area (Å²) in [6, 6.07) is 21.4. The second-order valence-corrected chi connectivity index (χ2v) is 9.81. The van der Waals surface area contributed by atoms with Gasteiger partial charge in [0.15, 0.2) is 5.11 Å². The van der Waals surface area contributed by atoms with Gasteiger partial charge in [0, 0.05) is 35.9 Å². The summed E-state index contributed by atoms with van der Waals surface area (Å²) < 4.78 is 13.1. The van der Waals surface area contributed by atoms with Crippen molar-refractivity contribution in [3.05, 3.63) is 95.6 Å². The van der Waals surface area contributed by atoms with Gasteiger partial charge in [0.2, 0.25) is 5.91 Å². The third kappa shape index (κ3) is 4.93. The Balaban J connectivity index is 1.66. The van der Waals surface area contributed by atoms with Crippen molar-refractivity contribution in [1.29, 1.82) is 0 Å². The van der Waals surface area contributed by atoms with Gasteiger partial charge in [-0.25, -0.2) is 0 Å². The van der Waals surface area contributed by atoms with Crippen LogP contribution in [0.4, 0.5) is 11.4 Å². The molecule has 0 aliphatic carbocycles. The average molecular weight is 542 g/mol. The minimum Gasteiger partial charge on any atom is -0.497 e. The van der Waals surface area contributed by atoms with E-state index in [1.807, 2.05) is 48.5 Å². The number of amides is 1. The number of rotatable bonds is 7. The predicted molar refractivity (Wildman–Crippen MR) is 157 cm³/mol. The van der Waals surface area contributed by atoms with Gasteiger partial charge in [-0.1, -0.05) is 6.07 Å². The van der Waals surface area contributed by atoms with Crippen LogP contribution >= 0.6 is 12.2 Å². The number of hydrogen-bond acceptors (Lipinski definition) is 5. The van der Waals surface area contributed by atoms with E-state index in [1.54, 1.807) is 20.4 Å². The molecule has 2 aromatic heterocycles. The number of benzene rings is 2. The van der Waals surface area contributed by atoms with Crippen LogP contribution in [0.3, 0.4) is 0 Å². The Labute approximate surface area is 233 Å². The Morgan fingerprint density at radius 2 is 1.74 bits per heavy atom. The number of carbonyl (C=O) groups excluding carboxylic acids is 1. The van der Waals surface area contributed by atoms with Crippen LogP contribution in [0.25, 0.3) is 5.69 Å². The van der Waals surface area contributed by atoms with Crippen molar-refractivity contribution in [2.45, 2.75) is 32.9 Å². The van der Waals surface area contributed by atoms with Crippen molar-refractivity contribution in [2.75, 3.05) is 24.4 Å². The molecule has 0 unspecified atom stereocenters. The van der Waals surface area contributed by atoms with Crippen LogP contribution in [0.15, 0.2) is 72.9 Å². The summed E-state index contributed by atoms with van der Waals surface area (Å²) >= 11 is 5.92. The first-order chi connectivity index (χ1) is 18.8. The first kappa shape index (κ1) is 26.2. The number of aromatic nitrogens is 2. The normalized spacial score (nSPS) is 16.6. The fourth-order valence-corrected chi connectivity index (χ4v) is 5.64. The van der Waals surface area contributed by atoms with E-state index in [-0.39, 0.29) is 18.0 Å². The number of aryl methyl sites for hydroxylation is 1. The maximum absolute atomic E-state index is 11.9. The third-order valence-corrected chi connectivity index (χ3v) is 7.30. The van der Waals surface area contributed by atoms with Crippen LogP contribution in [0.1, 0.15) is 41.7 Å². The first-order valence-electron chi connectivity index (χ1n) is 12.6. The highest BCUT2D eigenvalue weighted by Crippen LogP contribution is 2.45. The van der Waals surface area contributed by atoms with Gasteiger partial charge >= 0.3 is 0 Å². The van der Waals surface area contributed by atoms with Gasteiger partial charge in [0.05, 0.1) is 37.7 Å². The molecule has 2 aromatic carbocycles. The standard InChI is InChI=1S/C30H31N5O3S/c1-18-16-24(19(2)34(18)21-9-12-23(37-4)13-10-21)29-28(25-8-6-7-15-31-25)33-30(39)35(29)22-11-14-27(38-5)26(17-22)32-20(3)36/h6-17,28-29H,1-5H3,(H,32,36)(H,33,39)/t28-,29-/m0/s1. The summed E-state index contributed by atoms with van der Waals surface area (Å²) in [6.45, 7) is 5.70. The molecule has 2 atom stereocenters. The van der Waals surface area contributed by atoms with Gasteiger partial charge in [-0.2, -0.15) is 0 Å². The number of nitrogens with zero attached hydrogens (tertiary/aromatic N) is 3.